The Labute approximate surface area is 104 Å². The fraction of sp³-hybridized carbons (Fsp3) is 1.00. The molecule has 17 heavy (non-hydrogen) atoms. The van der Waals surface area contributed by atoms with Gasteiger partial charge in [-0.15, -0.1) is 0 Å². The fourth-order valence-electron chi connectivity index (χ4n) is 2.48. The molecule has 2 saturated heterocycles. The Balaban J connectivity index is 2.10. The molecule has 0 aromatic heterocycles. The summed E-state index contributed by atoms with van der Waals surface area (Å²) in [5.41, 5.74) is 0. The van der Waals surface area contributed by atoms with Crippen LogP contribution >= 0.6 is 0 Å². The molecule has 1 atom stereocenters. The molecule has 100 valence electrons. The SMILES string of the molecule is C[C@@H]1COCCN1S(=O)(=O)N1CCCCCC1. The highest BCUT2D eigenvalue weighted by molar-refractivity contribution is 7.86. The van der Waals surface area contributed by atoms with Crippen molar-refractivity contribution in [1.29, 1.82) is 0 Å². The molecule has 0 bridgehead atoms. The van der Waals surface area contributed by atoms with E-state index in [-0.39, 0.29) is 6.04 Å². The normalized spacial score (nSPS) is 30.1. The van der Waals surface area contributed by atoms with Crippen LogP contribution in [0.2, 0.25) is 0 Å². The highest BCUT2D eigenvalue weighted by Gasteiger charge is 2.34. The topological polar surface area (TPSA) is 49.9 Å². The zero-order valence-electron chi connectivity index (χ0n) is 10.5. The monoisotopic (exact) mass is 262 g/mol. The molecule has 2 aliphatic rings. The minimum atomic E-state index is -3.27. The molecule has 2 aliphatic heterocycles. The van der Waals surface area contributed by atoms with Crippen LogP contribution in [0.1, 0.15) is 32.6 Å². The second-order valence-electron chi connectivity index (χ2n) is 4.86. The van der Waals surface area contributed by atoms with Crippen LogP contribution in [0, 0.1) is 0 Å². The van der Waals surface area contributed by atoms with Crippen molar-refractivity contribution in [3.63, 3.8) is 0 Å². The molecule has 0 saturated carbocycles. The molecule has 0 spiro atoms. The first-order valence-electron chi connectivity index (χ1n) is 6.47. The van der Waals surface area contributed by atoms with Gasteiger partial charge in [-0.25, -0.2) is 0 Å². The van der Waals surface area contributed by atoms with Gasteiger partial charge in [-0.1, -0.05) is 12.8 Å². The van der Waals surface area contributed by atoms with Gasteiger partial charge in [0.2, 0.25) is 0 Å². The van der Waals surface area contributed by atoms with Crippen LogP contribution < -0.4 is 0 Å². The molecule has 5 nitrogen and oxygen atoms in total. The predicted octanol–water partition coefficient (Wildman–Crippen LogP) is 0.828. The van der Waals surface area contributed by atoms with Gasteiger partial charge in [0.25, 0.3) is 10.2 Å². The summed E-state index contributed by atoms with van der Waals surface area (Å²) in [7, 11) is -3.27. The Morgan fingerprint density at radius 3 is 2.29 bits per heavy atom. The lowest BCUT2D eigenvalue weighted by Gasteiger charge is -2.35. The van der Waals surface area contributed by atoms with E-state index in [0.29, 0.717) is 32.8 Å². The predicted molar refractivity (Wildman–Crippen MR) is 65.9 cm³/mol. The van der Waals surface area contributed by atoms with Gasteiger partial charge in [0.05, 0.1) is 13.2 Å². The van der Waals surface area contributed by atoms with Crippen LogP contribution in [0.5, 0.6) is 0 Å². The molecule has 0 aliphatic carbocycles. The molecular weight excluding hydrogens is 240 g/mol. The lowest BCUT2D eigenvalue weighted by molar-refractivity contribution is 0.0364. The van der Waals surface area contributed by atoms with Crippen molar-refractivity contribution >= 4 is 10.2 Å². The Kier molecular flexibility index (Phi) is 4.41. The van der Waals surface area contributed by atoms with Crippen LogP contribution in [0.25, 0.3) is 0 Å². The molecule has 0 amide bonds. The number of hydrogen-bond donors (Lipinski definition) is 0. The number of nitrogens with zero attached hydrogens (tertiary/aromatic N) is 2. The van der Waals surface area contributed by atoms with Gasteiger partial charge >= 0.3 is 0 Å². The number of morpholine rings is 1. The van der Waals surface area contributed by atoms with Gasteiger partial charge in [0.1, 0.15) is 0 Å². The van der Waals surface area contributed by atoms with E-state index in [4.69, 9.17) is 4.74 Å². The van der Waals surface area contributed by atoms with E-state index >= 15 is 0 Å². The van der Waals surface area contributed by atoms with Crippen molar-refractivity contribution in [3.8, 4) is 0 Å². The summed E-state index contributed by atoms with van der Waals surface area (Å²) in [4.78, 5) is 0. The summed E-state index contributed by atoms with van der Waals surface area (Å²) in [5.74, 6) is 0. The Bertz CT molecular complexity index is 337. The average Bonchev–Trinajstić information content (AvgIpc) is 2.58. The van der Waals surface area contributed by atoms with E-state index in [0.717, 1.165) is 25.7 Å². The van der Waals surface area contributed by atoms with Gasteiger partial charge in [-0.2, -0.15) is 17.0 Å². The number of hydrogen-bond acceptors (Lipinski definition) is 3. The molecule has 0 unspecified atom stereocenters. The minimum absolute atomic E-state index is 0.0444. The van der Waals surface area contributed by atoms with Crippen LogP contribution in [-0.2, 0) is 14.9 Å². The molecule has 2 rings (SSSR count). The van der Waals surface area contributed by atoms with Crippen LogP contribution in [0.4, 0.5) is 0 Å². The first-order chi connectivity index (χ1) is 8.12. The van der Waals surface area contributed by atoms with Gasteiger partial charge in [0, 0.05) is 25.7 Å². The number of ether oxygens (including phenoxy) is 1. The third-order valence-electron chi connectivity index (χ3n) is 3.49. The summed E-state index contributed by atoms with van der Waals surface area (Å²) in [6.45, 7) is 4.76. The van der Waals surface area contributed by atoms with Crippen LogP contribution in [0.15, 0.2) is 0 Å². The highest BCUT2D eigenvalue weighted by Crippen LogP contribution is 2.19. The standard InChI is InChI=1S/C11H22N2O3S/c1-11-10-16-9-8-13(11)17(14,15)12-6-4-2-3-5-7-12/h11H,2-10H2,1H3/t11-/m1/s1. The smallest absolute Gasteiger partial charge is 0.282 e. The lowest BCUT2D eigenvalue weighted by atomic mass is 10.2. The first kappa shape index (κ1) is 13.3. The van der Waals surface area contributed by atoms with E-state index in [1.807, 2.05) is 6.92 Å². The lowest BCUT2D eigenvalue weighted by Crippen LogP contribution is -2.53. The summed E-state index contributed by atoms with van der Waals surface area (Å²) >= 11 is 0. The van der Waals surface area contributed by atoms with Crippen molar-refractivity contribution in [2.45, 2.75) is 38.6 Å². The third-order valence-corrected chi connectivity index (χ3v) is 5.65. The molecule has 0 radical (unpaired) electrons. The van der Waals surface area contributed by atoms with E-state index in [1.54, 1.807) is 8.61 Å². The summed E-state index contributed by atoms with van der Waals surface area (Å²) in [6.07, 6.45) is 4.26. The largest absolute Gasteiger partial charge is 0.378 e. The van der Waals surface area contributed by atoms with Gasteiger partial charge < -0.3 is 4.74 Å². The fourth-order valence-corrected chi connectivity index (χ4v) is 4.31. The summed E-state index contributed by atoms with van der Waals surface area (Å²) < 4.78 is 33.5. The minimum Gasteiger partial charge on any atom is -0.378 e. The zero-order chi connectivity index (χ0) is 12.3. The quantitative estimate of drug-likeness (QED) is 0.740. The highest BCUT2D eigenvalue weighted by atomic mass is 32.2. The average molecular weight is 262 g/mol. The molecule has 0 aromatic rings. The molecule has 2 fully saturated rings. The maximum Gasteiger partial charge on any atom is 0.282 e. The third kappa shape index (κ3) is 2.99. The maximum absolute atomic E-state index is 12.5. The maximum atomic E-state index is 12.5. The summed E-state index contributed by atoms with van der Waals surface area (Å²) in [5, 5.41) is 0. The molecular formula is C11H22N2O3S. The molecule has 6 heteroatoms. The van der Waals surface area contributed by atoms with Crippen molar-refractivity contribution in [2.24, 2.45) is 0 Å². The van der Waals surface area contributed by atoms with Gasteiger partial charge in [0.15, 0.2) is 0 Å². The Morgan fingerprint density at radius 1 is 1.06 bits per heavy atom. The van der Waals surface area contributed by atoms with Crippen molar-refractivity contribution in [1.82, 2.24) is 8.61 Å². The van der Waals surface area contributed by atoms with Crippen molar-refractivity contribution in [3.05, 3.63) is 0 Å². The second kappa shape index (κ2) is 5.65. The van der Waals surface area contributed by atoms with Crippen LogP contribution in [0.3, 0.4) is 0 Å². The van der Waals surface area contributed by atoms with Crippen molar-refractivity contribution in [2.75, 3.05) is 32.8 Å². The van der Waals surface area contributed by atoms with Crippen LogP contribution in [-0.4, -0.2) is 55.9 Å². The number of rotatable bonds is 2. The zero-order valence-corrected chi connectivity index (χ0v) is 11.3. The van der Waals surface area contributed by atoms with E-state index < -0.39 is 10.2 Å². The van der Waals surface area contributed by atoms with E-state index in [9.17, 15) is 8.42 Å². The molecule has 2 heterocycles. The summed E-state index contributed by atoms with van der Waals surface area (Å²) in [6, 6.07) is -0.0444. The Hall–Kier alpha value is -0.170. The van der Waals surface area contributed by atoms with E-state index in [2.05, 4.69) is 0 Å². The molecule has 0 N–H and O–H groups in total. The van der Waals surface area contributed by atoms with Crippen molar-refractivity contribution < 1.29 is 13.2 Å². The molecule has 0 aromatic carbocycles. The first-order valence-corrected chi connectivity index (χ1v) is 7.87. The van der Waals surface area contributed by atoms with Gasteiger partial charge in [-0.3, -0.25) is 0 Å². The van der Waals surface area contributed by atoms with E-state index in [1.165, 1.54) is 0 Å². The second-order valence-corrected chi connectivity index (χ2v) is 6.74. The van der Waals surface area contributed by atoms with Gasteiger partial charge in [-0.05, 0) is 19.8 Å². The Morgan fingerprint density at radius 2 is 1.71 bits per heavy atom.